The fourth-order valence-corrected chi connectivity index (χ4v) is 3.62. The molecule has 0 spiro atoms. The lowest BCUT2D eigenvalue weighted by molar-refractivity contribution is -0.122. The summed E-state index contributed by atoms with van der Waals surface area (Å²) in [7, 11) is 0. The van der Waals surface area contributed by atoms with E-state index in [1.807, 2.05) is 83.4 Å². The van der Waals surface area contributed by atoms with E-state index >= 15 is 0 Å². The molecule has 2 amide bonds. The van der Waals surface area contributed by atoms with Gasteiger partial charge in [-0.3, -0.25) is 14.2 Å². The number of nitriles is 1. The fourth-order valence-electron chi connectivity index (χ4n) is 3.62. The molecule has 0 aliphatic rings. The van der Waals surface area contributed by atoms with Crippen molar-refractivity contribution in [3.63, 3.8) is 0 Å². The number of aromatic nitrogens is 2. The molecule has 3 aromatic carbocycles. The summed E-state index contributed by atoms with van der Waals surface area (Å²) in [5.41, 5.74) is 4.24. The first-order valence-corrected chi connectivity index (χ1v) is 10.7. The highest BCUT2D eigenvalue weighted by atomic mass is 16.2. The van der Waals surface area contributed by atoms with Crippen LogP contribution in [0.25, 0.3) is 16.7 Å². The van der Waals surface area contributed by atoms with E-state index in [0.717, 1.165) is 22.4 Å². The molecule has 4 aromatic rings. The van der Waals surface area contributed by atoms with E-state index < -0.39 is 0 Å². The van der Waals surface area contributed by atoms with Crippen LogP contribution < -0.4 is 10.2 Å². The van der Waals surface area contributed by atoms with E-state index in [1.54, 1.807) is 11.2 Å². The quantitative estimate of drug-likeness (QED) is 0.433. The minimum absolute atomic E-state index is 0.0582. The van der Waals surface area contributed by atoms with Gasteiger partial charge < -0.3 is 10.2 Å². The zero-order chi connectivity index (χ0) is 23.0. The summed E-state index contributed by atoms with van der Waals surface area (Å²) in [6, 6.07) is 26.6. The van der Waals surface area contributed by atoms with E-state index in [1.165, 1.54) is 0 Å². The second kappa shape index (κ2) is 10.2. The summed E-state index contributed by atoms with van der Waals surface area (Å²) < 4.78 is 1.99. The molecular formula is C26H23N5O2. The SMILES string of the molecule is N#CCCN(C(=O)CCC(=O)Nc1ccc(-n2cnc3ccccc32)cc1)c1ccccc1. The number of fused-ring (bicyclic) bond motifs is 1. The van der Waals surface area contributed by atoms with Gasteiger partial charge in [0.25, 0.3) is 0 Å². The maximum atomic E-state index is 12.7. The number of rotatable bonds is 8. The Balaban J connectivity index is 1.35. The van der Waals surface area contributed by atoms with Crippen LogP contribution in [0.3, 0.4) is 0 Å². The van der Waals surface area contributed by atoms with Crippen molar-refractivity contribution < 1.29 is 9.59 Å². The van der Waals surface area contributed by atoms with Gasteiger partial charge in [-0.15, -0.1) is 0 Å². The molecule has 0 saturated heterocycles. The predicted molar refractivity (Wildman–Crippen MR) is 128 cm³/mol. The largest absolute Gasteiger partial charge is 0.326 e. The van der Waals surface area contributed by atoms with Gasteiger partial charge in [0.05, 0.1) is 23.5 Å². The highest BCUT2D eigenvalue weighted by Crippen LogP contribution is 2.20. The molecule has 1 heterocycles. The van der Waals surface area contributed by atoms with Crippen LogP contribution in [0.4, 0.5) is 11.4 Å². The highest BCUT2D eigenvalue weighted by molar-refractivity contribution is 5.98. The number of nitrogens with zero attached hydrogens (tertiary/aromatic N) is 4. The van der Waals surface area contributed by atoms with Gasteiger partial charge in [0.15, 0.2) is 0 Å². The van der Waals surface area contributed by atoms with E-state index in [4.69, 9.17) is 5.26 Å². The van der Waals surface area contributed by atoms with Crippen LogP contribution in [0.15, 0.2) is 85.2 Å². The van der Waals surface area contributed by atoms with Crippen molar-refractivity contribution >= 4 is 34.2 Å². The molecule has 4 rings (SSSR count). The van der Waals surface area contributed by atoms with E-state index in [0.29, 0.717) is 12.2 Å². The van der Waals surface area contributed by atoms with Crippen LogP contribution in [0.2, 0.25) is 0 Å². The van der Waals surface area contributed by atoms with Crippen molar-refractivity contribution in [1.29, 1.82) is 5.26 Å². The third-order valence-corrected chi connectivity index (χ3v) is 5.26. The van der Waals surface area contributed by atoms with Gasteiger partial charge in [-0.1, -0.05) is 30.3 Å². The van der Waals surface area contributed by atoms with Crippen LogP contribution in [0, 0.1) is 11.3 Å². The monoisotopic (exact) mass is 437 g/mol. The third kappa shape index (κ3) is 5.25. The van der Waals surface area contributed by atoms with Gasteiger partial charge in [0, 0.05) is 36.4 Å². The summed E-state index contributed by atoms with van der Waals surface area (Å²) in [5.74, 6) is -0.425. The molecule has 164 valence electrons. The molecule has 1 aromatic heterocycles. The maximum absolute atomic E-state index is 12.7. The third-order valence-electron chi connectivity index (χ3n) is 5.26. The molecule has 0 aliphatic carbocycles. The Morgan fingerprint density at radius 3 is 2.42 bits per heavy atom. The number of imidazole rings is 1. The van der Waals surface area contributed by atoms with E-state index in [-0.39, 0.29) is 31.1 Å². The Labute approximate surface area is 191 Å². The van der Waals surface area contributed by atoms with Gasteiger partial charge in [-0.25, -0.2) is 4.98 Å². The van der Waals surface area contributed by atoms with Crippen LogP contribution in [0.1, 0.15) is 19.3 Å². The molecule has 1 N–H and O–H groups in total. The van der Waals surface area contributed by atoms with Crippen molar-refractivity contribution in [2.24, 2.45) is 0 Å². The molecule has 0 aliphatic heterocycles. The van der Waals surface area contributed by atoms with Gasteiger partial charge in [0.2, 0.25) is 11.8 Å². The molecule has 33 heavy (non-hydrogen) atoms. The van der Waals surface area contributed by atoms with Gasteiger partial charge in [-0.2, -0.15) is 5.26 Å². The number of carbonyl (C=O) groups excluding carboxylic acids is 2. The van der Waals surface area contributed by atoms with Crippen LogP contribution >= 0.6 is 0 Å². The first-order chi connectivity index (χ1) is 16.2. The zero-order valence-electron chi connectivity index (χ0n) is 18.0. The molecule has 0 unspecified atom stereocenters. The standard InChI is InChI=1S/C26H23N5O2/c27-17-6-18-30(21-7-2-1-3-8-21)26(33)16-15-25(32)29-20-11-13-22(14-12-20)31-19-28-23-9-4-5-10-24(23)31/h1-5,7-14,19H,6,15-16,18H2,(H,29,32). The number of anilines is 2. The lowest BCUT2D eigenvalue weighted by Gasteiger charge is -2.21. The van der Waals surface area contributed by atoms with Crippen molar-refractivity contribution in [3.05, 3.63) is 85.2 Å². The fraction of sp³-hybridized carbons (Fsp3) is 0.154. The Hall–Kier alpha value is -4.44. The lowest BCUT2D eigenvalue weighted by Crippen LogP contribution is -2.32. The molecule has 0 radical (unpaired) electrons. The number of benzene rings is 3. The summed E-state index contributed by atoms with van der Waals surface area (Å²) >= 11 is 0. The predicted octanol–water partition coefficient (Wildman–Crippen LogP) is 4.69. The Kier molecular flexibility index (Phi) is 6.76. The first kappa shape index (κ1) is 21.8. The molecule has 0 saturated carbocycles. The molecule has 7 heteroatoms. The van der Waals surface area contributed by atoms with Crippen molar-refractivity contribution in [2.75, 3.05) is 16.8 Å². The number of hydrogen-bond donors (Lipinski definition) is 1. The maximum Gasteiger partial charge on any atom is 0.227 e. The minimum Gasteiger partial charge on any atom is -0.326 e. The van der Waals surface area contributed by atoms with Crippen LogP contribution in [0.5, 0.6) is 0 Å². The Morgan fingerprint density at radius 1 is 0.939 bits per heavy atom. The number of carbonyl (C=O) groups is 2. The Morgan fingerprint density at radius 2 is 1.67 bits per heavy atom. The van der Waals surface area contributed by atoms with Crippen molar-refractivity contribution in [2.45, 2.75) is 19.3 Å². The molecule has 0 atom stereocenters. The second-order valence-corrected chi connectivity index (χ2v) is 7.49. The average molecular weight is 438 g/mol. The summed E-state index contributed by atoms with van der Waals surface area (Å²) in [6.07, 6.45) is 2.12. The minimum atomic E-state index is -0.238. The first-order valence-electron chi connectivity index (χ1n) is 10.7. The summed E-state index contributed by atoms with van der Waals surface area (Å²) in [6.45, 7) is 0.297. The molecular weight excluding hydrogens is 414 g/mol. The normalized spacial score (nSPS) is 10.5. The van der Waals surface area contributed by atoms with E-state index in [2.05, 4.69) is 16.4 Å². The summed E-state index contributed by atoms with van der Waals surface area (Å²) in [4.78, 5) is 31.1. The van der Waals surface area contributed by atoms with Gasteiger partial charge in [0.1, 0.15) is 6.33 Å². The summed E-state index contributed by atoms with van der Waals surface area (Å²) in [5, 5.41) is 11.7. The smallest absolute Gasteiger partial charge is 0.227 e. The highest BCUT2D eigenvalue weighted by Gasteiger charge is 2.17. The average Bonchev–Trinajstić information content (AvgIpc) is 3.28. The lowest BCUT2D eigenvalue weighted by atomic mass is 10.2. The second-order valence-electron chi connectivity index (χ2n) is 7.49. The van der Waals surface area contributed by atoms with Crippen molar-refractivity contribution in [3.8, 4) is 11.8 Å². The topological polar surface area (TPSA) is 91.0 Å². The Bertz CT molecular complexity index is 1290. The number of nitrogens with one attached hydrogen (secondary N) is 1. The van der Waals surface area contributed by atoms with E-state index in [9.17, 15) is 9.59 Å². The van der Waals surface area contributed by atoms with Crippen LogP contribution in [-0.4, -0.2) is 27.9 Å². The van der Waals surface area contributed by atoms with Gasteiger partial charge >= 0.3 is 0 Å². The zero-order valence-corrected chi connectivity index (χ0v) is 18.0. The number of para-hydroxylation sites is 3. The van der Waals surface area contributed by atoms with Gasteiger partial charge in [-0.05, 0) is 48.5 Å². The number of amides is 2. The molecule has 0 fully saturated rings. The molecule has 7 nitrogen and oxygen atoms in total. The number of hydrogen-bond acceptors (Lipinski definition) is 4. The molecule has 0 bridgehead atoms. The van der Waals surface area contributed by atoms with Crippen LogP contribution in [-0.2, 0) is 9.59 Å². The van der Waals surface area contributed by atoms with Crippen molar-refractivity contribution in [1.82, 2.24) is 9.55 Å².